The van der Waals surface area contributed by atoms with Gasteiger partial charge in [-0.25, -0.2) is 4.39 Å². The zero-order valence-electron chi connectivity index (χ0n) is 10.5. The molecule has 18 heavy (non-hydrogen) atoms. The number of anilines is 1. The Bertz CT molecular complexity index is 397. The number of rotatable bonds is 7. The van der Waals surface area contributed by atoms with Crippen LogP contribution in [0.15, 0.2) is 18.2 Å². The van der Waals surface area contributed by atoms with Crippen molar-refractivity contribution in [1.82, 2.24) is 5.32 Å². The maximum Gasteiger partial charge on any atom is 0.253 e. The highest BCUT2D eigenvalue weighted by atomic mass is 19.1. The van der Waals surface area contributed by atoms with Gasteiger partial charge in [0.2, 0.25) is 0 Å². The Balaban J connectivity index is 2.32. The molecular formula is C13H19FN2O2. The Hall–Kier alpha value is -1.62. The predicted octanol–water partition coefficient (Wildman–Crippen LogP) is 1.95. The summed E-state index contributed by atoms with van der Waals surface area (Å²) in [4.78, 5) is 11.7. The summed E-state index contributed by atoms with van der Waals surface area (Å²) >= 11 is 0. The Labute approximate surface area is 106 Å². The summed E-state index contributed by atoms with van der Waals surface area (Å²) in [5, 5.41) is 2.75. The molecule has 0 saturated carbocycles. The van der Waals surface area contributed by atoms with Crippen molar-refractivity contribution in [1.29, 1.82) is 0 Å². The lowest BCUT2D eigenvalue weighted by Crippen LogP contribution is -2.25. The van der Waals surface area contributed by atoms with Crippen molar-refractivity contribution in [3.63, 3.8) is 0 Å². The van der Waals surface area contributed by atoms with Gasteiger partial charge in [-0.15, -0.1) is 0 Å². The molecule has 0 atom stereocenters. The van der Waals surface area contributed by atoms with Crippen molar-refractivity contribution in [2.45, 2.75) is 19.3 Å². The molecule has 0 fully saturated rings. The number of methoxy groups -OCH3 is 1. The summed E-state index contributed by atoms with van der Waals surface area (Å²) in [7, 11) is 1.67. The lowest BCUT2D eigenvalue weighted by molar-refractivity contribution is 0.0953. The standard InChI is InChI=1S/C13H19FN2O2/c1-18-8-4-2-3-7-16-13(17)11-6-5-10(14)9-12(11)15/h5-6,9H,2-4,7-8,15H2,1H3,(H,16,17). The van der Waals surface area contributed by atoms with Gasteiger partial charge in [0.1, 0.15) is 5.82 Å². The Kier molecular flexibility index (Phi) is 6.14. The molecule has 0 heterocycles. The number of carbonyl (C=O) groups is 1. The third kappa shape index (κ3) is 4.71. The van der Waals surface area contributed by atoms with Crippen LogP contribution in [0.5, 0.6) is 0 Å². The van der Waals surface area contributed by atoms with Crippen LogP contribution in [0.1, 0.15) is 29.6 Å². The molecule has 0 unspecified atom stereocenters. The van der Waals surface area contributed by atoms with E-state index < -0.39 is 5.82 Å². The van der Waals surface area contributed by atoms with E-state index in [0.29, 0.717) is 12.1 Å². The Morgan fingerprint density at radius 1 is 1.39 bits per heavy atom. The molecule has 1 amide bonds. The SMILES string of the molecule is COCCCCCNC(=O)c1ccc(F)cc1N. The number of carbonyl (C=O) groups excluding carboxylic acids is 1. The van der Waals surface area contributed by atoms with Gasteiger partial charge in [-0.2, -0.15) is 0 Å². The fourth-order valence-electron chi connectivity index (χ4n) is 1.59. The molecule has 0 spiro atoms. The number of unbranched alkanes of at least 4 members (excludes halogenated alkanes) is 2. The summed E-state index contributed by atoms with van der Waals surface area (Å²) in [6, 6.07) is 3.77. The van der Waals surface area contributed by atoms with Crippen molar-refractivity contribution in [3.05, 3.63) is 29.6 Å². The highest BCUT2D eigenvalue weighted by molar-refractivity contribution is 5.99. The lowest BCUT2D eigenvalue weighted by Gasteiger charge is -2.07. The second-order valence-corrected chi connectivity index (χ2v) is 4.04. The van der Waals surface area contributed by atoms with E-state index in [1.165, 1.54) is 12.1 Å². The average Bonchev–Trinajstić information content (AvgIpc) is 2.33. The summed E-state index contributed by atoms with van der Waals surface area (Å²) < 4.78 is 17.7. The number of halogens is 1. The van der Waals surface area contributed by atoms with Crippen LogP contribution in [0.4, 0.5) is 10.1 Å². The smallest absolute Gasteiger partial charge is 0.253 e. The number of amides is 1. The minimum Gasteiger partial charge on any atom is -0.398 e. The van der Waals surface area contributed by atoms with Gasteiger partial charge in [-0.05, 0) is 37.5 Å². The Morgan fingerprint density at radius 2 is 2.17 bits per heavy atom. The van der Waals surface area contributed by atoms with Crippen LogP contribution in [-0.4, -0.2) is 26.2 Å². The molecule has 0 aliphatic heterocycles. The summed E-state index contributed by atoms with van der Waals surface area (Å²) in [5.74, 6) is -0.706. The van der Waals surface area contributed by atoms with E-state index in [0.717, 1.165) is 31.9 Å². The largest absolute Gasteiger partial charge is 0.398 e. The first kappa shape index (κ1) is 14.4. The second kappa shape index (κ2) is 7.66. The topological polar surface area (TPSA) is 64.3 Å². The fraction of sp³-hybridized carbons (Fsp3) is 0.462. The van der Waals surface area contributed by atoms with Crippen LogP contribution in [-0.2, 0) is 4.74 Å². The highest BCUT2D eigenvalue weighted by Crippen LogP contribution is 2.13. The molecule has 100 valence electrons. The van der Waals surface area contributed by atoms with Crippen molar-refractivity contribution in [2.75, 3.05) is 26.0 Å². The third-order valence-electron chi connectivity index (χ3n) is 2.57. The number of nitrogen functional groups attached to an aromatic ring is 1. The van der Waals surface area contributed by atoms with Crippen LogP contribution < -0.4 is 11.1 Å². The van der Waals surface area contributed by atoms with Gasteiger partial charge in [0.25, 0.3) is 5.91 Å². The molecule has 0 aromatic heterocycles. The normalized spacial score (nSPS) is 10.3. The summed E-state index contributed by atoms with van der Waals surface area (Å²) in [6.45, 7) is 1.32. The van der Waals surface area contributed by atoms with Crippen LogP contribution in [0.2, 0.25) is 0 Å². The van der Waals surface area contributed by atoms with E-state index in [1.54, 1.807) is 7.11 Å². The van der Waals surface area contributed by atoms with Crippen molar-refractivity contribution in [3.8, 4) is 0 Å². The molecule has 0 radical (unpaired) electrons. The van der Waals surface area contributed by atoms with Crippen molar-refractivity contribution in [2.24, 2.45) is 0 Å². The summed E-state index contributed by atoms with van der Waals surface area (Å²) in [5.41, 5.74) is 6.05. The number of hydrogen-bond donors (Lipinski definition) is 2. The minimum atomic E-state index is -0.441. The van der Waals surface area contributed by atoms with Gasteiger partial charge < -0.3 is 15.8 Å². The number of nitrogens with two attached hydrogens (primary N) is 1. The second-order valence-electron chi connectivity index (χ2n) is 4.04. The fourth-order valence-corrected chi connectivity index (χ4v) is 1.59. The van der Waals surface area contributed by atoms with Crippen LogP contribution in [0.3, 0.4) is 0 Å². The molecule has 0 aliphatic carbocycles. The van der Waals surface area contributed by atoms with E-state index in [1.807, 2.05) is 0 Å². The van der Waals surface area contributed by atoms with Gasteiger partial charge in [0.15, 0.2) is 0 Å². The lowest BCUT2D eigenvalue weighted by atomic mass is 10.1. The first-order valence-corrected chi connectivity index (χ1v) is 5.97. The number of benzene rings is 1. The van der Waals surface area contributed by atoms with Gasteiger partial charge >= 0.3 is 0 Å². The van der Waals surface area contributed by atoms with Gasteiger partial charge in [-0.3, -0.25) is 4.79 Å². The number of ether oxygens (including phenoxy) is 1. The molecule has 1 aromatic carbocycles. The minimum absolute atomic E-state index is 0.159. The number of hydrogen-bond acceptors (Lipinski definition) is 3. The number of nitrogens with one attached hydrogen (secondary N) is 1. The maximum absolute atomic E-state index is 12.8. The van der Waals surface area contributed by atoms with Crippen LogP contribution in [0, 0.1) is 5.82 Å². The molecule has 1 aromatic rings. The van der Waals surface area contributed by atoms with Crippen LogP contribution in [0.25, 0.3) is 0 Å². The zero-order valence-corrected chi connectivity index (χ0v) is 10.5. The van der Waals surface area contributed by atoms with Crippen LogP contribution >= 0.6 is 0 Å². The molecule has 0 bridgehead atoms. The van der Waals surface area contributed by atoms with E-state index in [-0.39, 0.29) is 11.6 Å². The molecule has 4 nitrogen and oxygen atoms in total. The quantitative estimate of drug-likeness (QED) is 0.577. The van der Waals surface area contributed by atoms with E-state index in [4.69, 9.17) is 10.5 Å². The highest BCUT2D eigenvalue weighted by Gasteiger charge is 2.09. The van der Waals surface area contributed by atoms with E-state index >= 15 is 0 Å². The molecule has 0 saturated heterocycles. The summed E-state index contributed by atoms with van der Waals surface area (Å²) in [6.07, 6.45) is 2.86. The molecule has 0 aliphatic rings. The van der Waals surface area contributed by atoms with E-state index in [2.05, 4.69) is 5.32 Å². The monoisotopic (exact) mass is 254 g/mol. The first-order chi connectivity index (χ1) is 8.65. The van der Waals surface area contributed by atoms with Gasteiger partial charge in [-0.1, -0.05) is 0 Å². The molecule has 5 heteroatoms. The van der Waals surface area contributed by atoms with Gasteiger partial charge in [0.05, 0.1) is 5.56 Å². The zero-order chi connectivity index (χ0) is 13.4. The molecule has 3 N–H and O–H groups in total. The molecule has 1 rings (SSSR count). The average molecular weight is 254 g/mol. The Morgan fingerprint density at radius 3 is 2.83 bits per heavy atom. The van der Waals surface area contributed by atoms with E-state index in [9.17, 15) is 9.18 Å². The third-order valence-corrected chi connectivity index (χ3v) is 2.57. The predicted molar refractivity (Wildman–Crippen MR) is 68.9 cm³/mol. The van der Waals surface area contributed by atoms with Crippen molar-refractivity contribution < 1.29 is 13.9 Å². The molecular weight excluding hydrogens is 235 g/mol. The van der Waals surface area contributed by atoms with Crippen molar-refractivity contribution >= 4 is 11.6 Å². The maximum atomic E-state index is 12.8. The first-order valence-electron chi connectivity index (χ1n) is 5.97. The van der Waals surface area contributed by atoms with Gasteiger partial charge in [0, 0.05) is 25.9 Å².